The maximum absolute atomic E-state index is 13.8. The maximum Gasteiger partial charge on any atom is 0.248 e. The van der Waals surface area contributed by atoms with Gasteiger partial charge in [-0.05, 0) is 81.7 Å². The van der Waals surface area contributed by atoms with E-state index in [0.29, 0.717) is 37.4 Å². The van der Waals surface area contributed by atoms with Gasteiger partial charge in [0.25, 0.3) is 0 Å². The molecule has 3 N–H and O–H groups in total. The number of ether oxygens (including phenoxy) is 1. The number of rotatable bonds is 13. The third-order valence-electron chi connectivity index (χ3n) is 8.95. The van der Waals surface area contributed by atoms with Crippen molar-refractivity contribution < 1.29 is 27.9 Å². The molecule has 0 unspecified atom stereocenters. The van der Waals surface area contributed by atoms with Gasteiger partial charge in [-0.25, -0.2) is 8.42 Å². The fourth-order valence-electron chi connectivity index (χ4n) is 6.56. The Morgan fingerprint density at radius 1 is 1.05 bits per heavy atom. The van der Waals surface area contributed by atoms with Crippen molar-refractivity contribution in [1.29, 1.82) is 0 Å². The van der Waals surface area contributed by atoms with Gasteiger partial charge in [0.15, 0.2) is 0 Å². The molecule has 2 saturated heterocycles. The summed E-state index contributed by atoms with van der Waals surface area (Å²) in [6, 6.07) is 6.01. The van der Waals surface area contributed by atoms with Crippen molar-refractivity contribution in [2.75, 3.05) is 43.8 Å². The van der Waals surface area contributed by atoms with Crippen LogP contribution < -0.4 is 14.8 Å². The van der Waals surface area contributed by atoms with Gasteiger partial charge in [-0.1, -0.05) is 32.6 Å². The lowest BCUT2D eigenvalue weighted by Crippen LogP contribution is -2.75. The lowest BCUT2D eigenvalue weighted by atomic mass is 9.78. The van der Waals surface area contributed by atoms with E-state index < -0.39 is 27.7 Å². The van der Waals surface area contributed by atoms with Crippen LogP contribution in [-0.4, -0.2) is 91.9 Å². The molecule has 2 heterocycles. The normalized spacial score (nSPS) is 22.9. The summed E-state index contributed by atoms with van der Waals surface area (Å²) in [4.78, 5) is 31.6. The molecule has 1 saturated carbocycles. The van der Waals surface area contributed by atoms with Crippen LogP contribution in [-0.2, 0) is 19.6 Å². The van der Waals surface area contributed by atoms with Gasteiger partial charge in [0, 0.05) is 25.3 Å². The third-order valence-corrected chi connectivity index (χ3v) is 9.55. The number of unbranched alkanes of at least 4 members (excludes halogenated alkanes) is 2. The molecule has 3 aliphatic rings. The number of piperidine rings is 1. The van der Waals surface area contributed by atoms with Crippen LogP contribution in [0.15, 0.2) is 24.3 Å². The van der Waals surface area contributed by atoms with Crippen LogP contribution in [0.2, 0.25) is 0 Å². The second kappa shape index (κ2) is 14.2. The molecule has 4 rings (SSSR count). The smallest absolute Gasteiger partial charge is 0.248 e. The van der Waals surface area contributed by atoms with Gasteiger partial charge >= 0.3 is 0 Å². The molecule has 230 valence electrons. The van der Waals surface area contributed by atoms with E-state index in [2.05, 4.69) is 21.9 Å². The Balaban J connectivity index is 1.25. The molecule has 0 bridgehead atoms. The summed E-state index contributed by atoms with van der Waals surface area (Å²) < 4.78 is 30.9. The van der Waals surface area contributed by atoms with E-state index in [1.54, 1.807) is 24.3 Å². The largest absolute Gasteiger partial charge is 0.494 e. The average Bonchev–Trinajstić information content (AvgIpc) is 2.96. The summed E-state index contributed by atoms with van der Waals surface area (Å²) in [6.07, 6.45) is 10.2. The van der Waals surface area contributed by atoms with Crippen LogP contribution in [0.4, 0.5) is 5.69 Å². The molecular weight excluding hydrogens is 544 g/mol. The lowest BCUT2D eigenvalue weighted by Gasteiger charge is -2.52. The van der Waals surface area contributed by atoms with E-state index in [1.807, 2.05) is 4.90 Å². The molecule has 1 spiro atoms. The molecular formula is C30H48N4O6S. The highest BCUT2D eigenvalue weighted by atomic mass is 32.2. The molecule has 41 heavy (non-hydrogen) atoms. The quantitative estimate of drug-likeness (QED) is 0.300. The van der Waals surface area contributed by atoms with Crippen LogP contribution in [0.3, 0.4) is 0 Å². The SMILES string of the molecule is CCCCN1C(=O)[C@@H]([C@H](O)C2CCCCC2)NC(=O)C12CCN(CCCCOc1ccc(NS(C)(=O)=O)cc1)CC2. The van der Waals surface area contributed by atoms with Crippen molar-refractivity contribution in [3.63, 3.8) is 0 Å². The van der Waals surface area contributed by atoms with Crippen molar-refractivity contribution in [3.05, 3.63) is 24.3 Å². The molecule has 1 aromatic carbocycles. The highest BCUT2D eigenvalue weighted by Crippen LogP contribution is 2.36. The van der Waals surface area contributed by atoms with Gasteiger partial charge in [-0.3, -0.25) is 14.3 Å². The predicted octanol–water partition coefficient (Wildman–Crippen LogP) is 3.12. The van der Waals surface area contributed by atoms with Crippen LogP contribution in [0, 0.1) is 5.92 Å². The number of carbonyl (C=O) groups excluding carboxylic acids is 2. The zero-order chi connectivity index (χ0) is 29.5. The number of nitrogens with zero attached hydrogens (tertiary/aromatic N) is 2. The Morgan fingerprint density at radius 2 is 1.73 bits per heavy atom. The number of nitrogens with one attached hydrogen (secondary N) is 2. The van der Waals surface area contributed by atoms with Gasteiger partial charge in [0.2, 0.25) is 21.8 Å². The number of aliphatic hydroxyl groups excluding tert-OH is 1. The number of sulfonamides is 1. The predicted molar refractivity (Wildman–Crippen MR) is 159 cm³/mol. The van der Waals surface area contributed by atoms with Crippen molar-refractivity contribution in [1.82, 2.24) is 15.1 Å². The van der Waals surface area contributed by atoms with Crippen LogP contribution in [0.1, 0.15) is 77.6 Å². The summed E-state index contributed by atoms with van der Waals surface area (Å²) in [5.74, 6) is 0.555. The second-order valence-electron chi connectivity index (χ2n) is 12.0. The average molecular weight is 593 g/mol. The Hall–Kier alpha value is -2.37. The van der Waals surface area contributed by atoms with Gasteiger partial charge in [-0.15, -0.1) is 0 Å². The molecule has 2 atom stereocenters. The molecule has 2 aliphatic heterocycles. The third kappa shape index (κ3) is 8.14. The van der Waals surface area contributed by atoms with Gasteiger partial charge < -0.3 is 25.0 Å². The number of anilines is 1. The summed E-state index contributed by atoms with van der Waals surface area (Å²) in [5.41, 5.74) is -0.326. The number of piperazine rings is 1. The Bertz CT molecular complexity index is 1110. The highest BCUT2D eigenvalue weighted by Gasteiger charge is 2.55. The minimum absolute atomic E-state index is 0.0714. The fourth-order valence-corrected chi connectivity index (χ4v) is 7.13. The first-order valence-corrected chi connectivity index (χ1v) is 17.3. The van der Waals surface area contributed by atoms with Gasteiger partial charge in [0.05, 0.1) is 19.0 Å². The number of hydrogen-bond acceptors (Lipinski definition) is 7. The number of amides is 2. The van der Waals surface area contributed by atoms with Crippen LogP contribution in [0.5, 0.6) is 5.75 Å². The Kier molecular flexibility index (Phi) is 10.9. The molecule has 2 amide bonds. The second-order valence-corrected chi connectivity index (χ2v) is 13.8. The molecule has 0 aromatic heterocycles. The standard InChI is InChI=1S/C30H48N4O6S/c1-3-4-19-34-28(36)26(27(35)23-10-6-5-7-11-23)31-29(37)30(34)16-20-33(21-17-30)18-8-9-22-40-25-14-12-24(13-15-25)32-41(2,38)39/h12-15,23,26-27,32,35H,3-11,16-22H2,1-2H3,(H,31,37)/t26-,27-/m1/s1. The Morgan fingerprint density at radius 3 is 2.37 bits per heavy atom. The summed E-state index contributed by atoms with van der Waals surface area (Å²) in [7, 11) is -3.31. The monoisotopic (exact) mass is 592 g/mol. The molecule has 1 aliphatic carbocycles. The van der Waals surface area contributed by atoms with E-state index in [0.717, 1.165) is 77.3 Å². The highest BCUT2D eigenvalue weighted by molar-refractivity contribution is 7.92. The van der Waals surface area contributed by atoms with Crippen molar-refractivity contribution in [2.24, 2.45) is 5.92 Å². The summed E-state index contributed by atoms with van der Waals surface area (Å²) in [5, 5.41) is 14.1. The fraction of sp³-hybridized carbons (Fsp3) is 0.733. The lowest BCUT2D eigenvalue weighted by molar-refractivity contribution is -0.165. The first kappa shape index (κ1) is 31.6. The minimum atomic E-state index is -3.31. The van der Waals surface area contributed by atoms with Crippen molar-refractivity contribution in [3.8, 4) is 5.75 Å². The van der Waals surface area contributed by atoms with Crippen molar-refractivity contribution in [2.45, 2.75) is 95.2 Å². The van der Waals surface area contributed by atoms with E-state index in [9.17, 15) is 23.1 Å². The van der Waals surface area contributed by atoms with Crippen LogP contribution in [0.25, 0.3) is 0 Å². The van der Waals surface area contributed by atoms with E-state index in [1.165, 1.54) is 6.42 Å². The van der Waals surface area contributed by atoms with Gasteiger partial charge in [0.1, 0.15) is 17.3 Å². The Labute approximate surface area is 245 Å². The topological polar surface area (TPSA) is 128 Å². The molecule has 3 fully saturated rings. The van der Waals surface area contributed by atoms with E-state index in [4.69, 9.17) is 4.74 Å². The first-order chi connectivity index (χ1) is 19.6. The molecule has 10 nitrogen and oxygen atoms in total. The van der Waals surface area contributed by atoms with E-state index >= 15 is 0 Å². The maximum atomic E-state index is 13.8. The molecule has 0 radical (unpaired) electrons. The zero-order valence-electron chi connectivity index (χ0n) is 24.6. The summed E-state index contributed by atoms with van der Waals surface area (Å²) >= 11 is 0. The van der Waals surface area contributed by atoms with Crippen molar-refractivity contribution >= 4 is 27.5 Å². The summed E-state index contributed by atoms with van der Waals surface area (Å²) in [6.45, 7) is 5.59. The van der Waals surface area contributed by atoms with Crippen LogP contribution >= 0.6 is 0 Å². The molecule has 1 aromatic rings. The molecule has 11 heteroatoms. The van der Waals surface area contributed by atoms with Gasteiger partial charge in [-0.2, -0.15) is 0 Å². The number of likely N-dealkylation sites (tertiary alicyclic amines) is 1. The minimum Gasteiger partial charge on any atom is -0.494 e. The zero-order valence-corrected chi connectivity index (χ0v) is 25.5. The number of aliphatic hydroxyl groups is 1. The first-order valence-electron chi connectivity index (χ1n) is 15.4. The number of hydrogen-bond donors (Lipinski definition) is 3. The van der Waals surface area contributed by atoms with E-state index in [-0.39, 0.29) is 17.7 Å². The number of carbonyl (C=O) groups is 2. The number of benzene rings is 1.